The van der Waals surface area contributed by atoms with Gasteiger partial charge in [-0.2, -0.15) is 0 Å². The fraction of sp³-hybridized carbons (Fsp3) is 0.133. The van der Waals surface area contributed by atoms with E-state index in [1.165, 1.54) is 42.1 Å². The number of carboxylic acids is 1. The summed E-state index contributed by atoms with van der Waals surface area (Å²) in [5.41, 5.74) is 0.0362. The minimum atomic E-state index is -2.15. The molecule has 5 nitrogen and oxygen atoms in total. The normalized spacial score (nSPS) is 11.3. The molecule has 0 atom stereocenters. The van der Waals surface area contributed by atoms with E-state index in [9.17, 15) is 14.4 Å². The summed E-state index contributed by atoms with van der Waals surface area (Å²) in [7, 11) is 1.52. The highest BCUT2D eigenvalue weighted by atomic mass is 35.6. The predicted octanol–water partition coefficient (Wildman–Crippen LogP) is 3.51. The van der Waals surface area contributed by atoms with Crippen LogP contribution in [-0.2, 0) is 7.05 Å². The van der Waals surface area contributed by atoms with E-state index in [4.69, 9.17) is 39.9 Å². The number of aromatic carboxylic acids is 1. The summed E-state index contributed by atoms with van der Waals surface area (Å²) in [6.45, 7) is 0. The van der Waals surface area contributed by atoms with E-state index in [0.717, 1.165) is 0 Å². The van der Waals surface area contributed by atoms with Gasteiger partial charge in [0.2, 0.25) is 5.78 Å². The second kappa shape index (κ2) is 6.35. The van der Waals surface area contributed by atoms with Crippen LogP contribution in [0.5, 0.6) is 0 Å². The summed E-state index contributed by atoms with van der Waals surface area (Å²) in [6, 6.07) is 7.06. The standard InChI is InChI=1S/C15H10Cl3NO4/c1-19-7-8(6-11(19)13(21)15(16,17)18)12(20)9-4-2-3-5-10(9)14(22)23/h2-7H,1H3,(H,22,23). The van der Waals surface area contributed by atoms with Gasteiger partial charge in [-0.1, -0.05) is 53.0 Å². The van der Waals surface area contributed by atoms with Crippen LogP contribution < -0.4 is 0 Å². The summed E-state index contributed by atoms with van der Waals surface area (Å²) >= 11 is 16.7. The van der Waals surface area contributed by atoms with Crippen LogP contribution in [0.25, 0.3) is 0 Å². The molecular weight excluding hydrogens is 365 g/mol. The molecular formula is C15H10Cl3NO4. The third kappa shape index (κ3) is 3.58. The van der Waals surface area contributed by atoms with E-state index in [-0.39, 0.29) is 22.4 Å². The lowest BCUT2D eigenvalue weighted by Gasteiger charge is -2.09. The number of carbonyl (C=O) groups excluding carboxylic acids is 2. The van der Waals surface area contributed by atoms with Crippen molar-refractivity contribution in [3.63, 3.8) is 0 Å². The number of rotatable bonds is 4. The van der Waals surface area contributed by atoms with Gasteiger partial charge in [-0.3, -0.25) is 9.59 Å². The van der Waals surface area contributed by atoms with Crippen LogP contribution in [0.1, 0.15) is 36.8 Å². The van der Waals surface area contributed by atoms with Crippen molar-refractivity contribution in [2.75, 3.05) is 0 Å². The zero-order valence-electron chi connectivity index (χ0n) is 11.7. The van der Waals surface area contributed by atoms with Gasteiger partial charge in [-0.25, -0.2) is 4.79 Å². The number of ketones is 2. The average Bonchev–Trinajstić information content (AvgIpc) is 2.86. The minimum absolute atomic E-state index is 0.0125. The largest absolute Gasteiger partial charge is 0.478 e. The Hall–Kier alpha value is -1.82. The molecule has 1 aromatic carbocycles. The van der Waals surface area contributed by atoms with Crippen molar-refractivity contribution in [1.29, 1.82) is 0 Å². The third-order valence-electron chi connectivity index (χ3n) is 3.16. The molecule has 2 aromatic rings. The van der Waals surface area contributed by atoms with E-state index in [1.54, 1.807) is 6.07 Å². The predicted molar refractivity (Wildman–Crippen MR) is 86.9 cm³/mol. The molecule has 23 heavy (non-hydrogen) atoms. The van der Waals surface area contributed by atoms with Crippen LogP contribution in [0.2, 0.25) is 0 Å². The monoisotopic (exact) mass is 373 g/mol. The second-order valence-corrected chi connectivity index (χ2v) is 7.01. The van der Waals surface area contributed by atoms with Crippen molar-refractivity contribution in [1.82, 2.24) is 4.57 Å². The Morgan fingerprint density at radius 2 is 1.65 bits per heavy atom. The van der Waals surface area contributed by atoms with Crippen molar-refractivity contribution in [3.8, 4) is 0 Å². The first-order valence-electron chi connectivity index (χ1n) is 6.28. The molecule has 0 amide bonds. The number of nitrogens with zero attached hydrogens (tertiary/aromatic N) is 1. The highest BCUT2D eigenvalue weighted by Crippen LogP contribution is 2.31. The van der Waals surface area contributed by atoms with Crippen LogP contribution in [0.15, 0.2) is 36.5 Å². The van der Waals surface area contributed by atoms with Crippen molar-refractivity contribution in [2.24, 2.45) is 7.05 Å². The number of aromatic nitrogens is 1. The van der Waals surface area contributed by atoms with Gasteiger partial charge in [-0.15, -0.1) is 0 Å². The smallest absolute Gasteiger partial charge is 0.336 e. The van der Waals surface area contributed by atoms with Crippen molar-refractivity contribution in [2.45, 2.75) is 3.79 Å². The summed E-state index contributed by atoms with van der Waals surface area (Å²) in [4.78, 5) is 35.7. The maximum absolute atomic E-state index is 12.5. The lowest BCUT2D eigenvalue weighted by atomic mass is 10.00. The quantitative estimate of drug-likeness (QED) is 0.656. The Bertz CT molecular complexity index is 805. The summed E-state index contributed by atoms with van der Waals surface area (Å²) in [5.74, 6) is -2.54. The number of hydrogen-bond donors (Lipinski definition) is 1. The lowest BCUT2D eigenvalue weighted by molar-refractivity contribution is 0.0692. The zero-order valence-corrected chi connectivity index (χ0v) is 14.0. The molecule has 2 rings (SSSR count). The number of Topliss-reactive ketones (excluding diaryl/α,β-unsaturated/α-hetero) is 1. The number of aryl methyl sites for hydroxylation is 1. The van der Waals surface area contributed by atoms with Gasteiger partial charge in [-0.05, 0) is 12.1 Å². The topological polar surface area (TPSA) is 76.4 Å². The molecule has 0 aliphatic rings. The van der Waals surface area contributed by atoms with Gasteiger partial charge in [0.05, 0.1) is 11.3 Å². The first-order valence-corrected chi connectivity index (χ1v) is 7.41. The molecule has 0 bridgehead atoms. The molecule has 0 aliphatic carbocycles. The Kier molecular flexibility index (Phi) is 4.84. The average molecular weight is 375 g/mol. The molecule has 1 N–H and O–H groups in total. The number of alkyl halides is 3. The first kappa shape index (κ1) is 17.5. The van der Waals surface area contributed by atoms with Crippen molar-refractivity contribution in [3.05, 3.63) is 58.9 Å². The Morgan fingerprint density at radius 1 is 1.09 bits per heavy atom. The highest BCUT2D eigenvalue weighted by Gasteiger charge is 2.34. The molecule has 0 spiro atoms. The fourth-order valence-electron chi connectivity index (χ4n) is 2.08. The van der Waals surface area contributed by atoms with Crippen LogP contribution in [-0.4, -0.2) is 31.0 Å². The fourth-order valence-corrected chi connectivity index (χ4v) is 2.37. The van der Waals surface area contributed by atoms with E-state index < -0.39 is 21.3 Å². The molecule has 120 valence electrons. The second-order valence-electron chi connectivity index (χ2n) is 4.73. The Balaban J connectivity index is 2.47. The Labute approximate surface area is 146 Å². The maximum Gasteiger partial charge on any atom is 0.336 e. The van der Waals surface area contributed by atoms with Gasteiger partial charge >= 0.3 is 5.97 Å². The maximum atomic E-state index is 12.5. The van der Waals surface area contributed by atoms with E-state index in [1.807, 2.05) is 0 Å². The molecule has 0 aliphatic heterocycles. The number of halogens is 3. The van der Waals surface area contributed by atoms with E-state index >= 15 is 0 Å². The van der Waals surface area contributed by atoms with Crippen LogP contribution in [0, 0.1) is 0 Å². The number of hydrogen-bond acceptors (Lipinski definition) is 3. The van der Waals surface area contributed by atoms with Gasteiger partial charge in [0, 0.05) is 24.4 Å². The molecule has 0 saturated carbocycles. The van der Waals surface area contributed by atoms with E-state index in [2.05, 4.69) is 0 Å². The van der Waals surface area contributed by atoms with Gasteiger partial charge in [0.15, 0.2) is 5.78 Å². The molecule has 0 radical (unpaired) electrons. The number of carbonyl (C=O) groups is 3. The number of carboxylic acid groups (broad SMARTS) is 1. The van der Waals surface area contributed by atoms with Crippen LogP contribution >= 0.6 is 34.8 Å². The molecule has 0 fully saturated rings. The summed E-state index contributed by atoms with van der Waals surface area (Å²) in [6.07, 6.45) is 1.38. The molecule has 1 heterocycles. The summed E-state index contributed by atoms with van der Waals surface area (Å²) in [5, 5.41) is 9.15. The summed E-state index contributed by atoms with van der Waals surface area (Å²) < 4.78 is -0.799. The third-order valence-corrected chi connectivity index (χ3v) is 3.67. The van der Waals surface area contributed by atoms with Crippen LogP contribution in [0.4, 0.5) is 0 Å². The SMILES string of the molecule is Cn1cc(C(=O)c2ccccc2C(=O)O)cc1C(=O)C(Cl)(Cl)Cl. The van der Waals surface area contributed by atoms with Crippen molar-refractivity contribution < 1.29 is 19.5 Å². The van der Waals surface area contributed by atoms with Gasteiger partial charge < -0.3 is 9.67 Å². The zero-order chi connectivity index (χ0) is 17.4. The minimum Gasteiger partial charge on any atom is -0.478 e. The Morgan fingerprint density at radius 3 is 2.17 bits per heavy atom. The number of benzene rings is 1. The molecule has 8 heteroatoms. The molecule has 0 unspecified atom stereocenters. The first-order chi connectivity index (χ1) is 10.6. The lowest BCUT2D eigenvalue weighted by Crippen LogP contribution is -2.21. The van der Waals surface area contributed by atoms with Gasteiger partial charge in [0.1, 0.15) is 0 Å². The highest BCUT2D eigenvalue weighted by molar-refractivity contribution is 6.77. The molecule has 1 aromatic heterocycles. The van der Waals surface area contributed by atoms with Crippen LogP contribution in [0.3, 0.4) is 0 Å². The molecule has 0 saturated heterocycles. The van der Waals surface area contributed by atoms with Crippen molar-refractivity contribution >= 4 is 52.3 Å². The van der Waals surface area contributed by atoms with Gasteiger partial charge in [0.25, 0.3) is 3.79 Å². The van der Waals surface area contributed by atoms with E-state index in [0.29, 0.717) is 0 Å².